The molecule has 0 atom stereocenters. The van der Waals surface area contributed by atoms with Crippen molar-refractivity contribution in [2.24, 2.45) is 0 Å². The van der Waals surface area contributed by atoms with Crippen LogP contribution in [-0.4, -0.2) is 14.5 Å². The van der Waals surface area contributed by atoms with Crippen molar-refractivity contribution in [3.8, 4) is 5.82 Å². The molecule has 0 amide bonds. The van der Waals surface area contributed by atoms with E-state index in [2.05, 4.69) is 9.97 Å². The summed E-state index contributed by atoms with van der Waals surface area (Å²) in [4.78, 5) is 8.28. The second kappa shape index (κ2) is 3.18. The van der Waals surface area contributed by atoms with Crippen molar-refractivity contribution in [2.45, 2.75) is 6.92 Å². The van der Waals surface area contributed by atoms with Crippen LogP contribution in [0.15, 0.2) is 30.7 Å². The molecular formula is C9H8ClN3. The van der Waals surface area contributed by atoms with Crippen LogP contribution in [0.4, 0.5) is 0 Å². The van der Waals surface area contributed by atoms with E-state index in [0.717, 1.165) is 11.6 Å². The first-order valence-electron chi connectivity index (χ1n) is 3.89. The highest BCUT2D eigenvalue weighted by atomic mass is 35.5. The van der Waals surface area contributed by atoms with Crippen molar-refractivity contribution in [2.75, 3.05) is 0 Å². The van der Waals surface area contributed by atoms with Crippen molar-refractivity contribution < 1.29 is 0 Å². The van der Waals surface area contributed by atoms with E-state index >= 15 is 0 Å². The van der Waals surface area contributed by atoms with E-state index in [0.29, 0.717) is 5.02 Å². The Labute approximate surface area is 81.0 Å². The number of aromatic nitrogens is 3. The maximum absolute atomic E-state index is 5.84. The number of imidazole rings is 1. The summed E-state index contributed by atoms with van der Waals surface area (Å²) in [5.74, 6) is 1.69. The number of rotatable bonds is 1. The van der Waals surface area contributed by atoms with E-state index < -0.39 is 0 Å². The Bertz CT molecular complexity index is 422. The molecule has 0 bridgehead atoms. The van der Waals surface area contributed by atoms with Gasteiger partial charge in [0.1, 0.15) is 11.6 Å². The Hall–Kier alpha value is -1.35. The van der Waals surface area contributed by atoms with Gasteiger partial charge in [0, 0.05) is 29.7 Å². The summed E-state index contributed by atoms with van der Waals surface area (Å²) in [6, 6.07) is 3.55. The molecule has 0 aliphatic carbocycles. The fourth-order valence-corrected chi connectivity index (χ4v) is 1.30. The standard InChI is InChI=1S/C9H8ClN3/c1-7-11-4-5-13(7)9-6-8(10)2-3-12-9/h2-6H,1H3. The zero-order valence-corrected chi connectivity index (χ0v) is 7.86. The van der Waals surface area contributed by atoms with Gasteiger partial charge in [-0.05, 0) is 13.0 Å². The molecule has 2 aromatic heterocycles. The Balaban J connectivity index is 2.53. The lowest BCUT2D eigenvalue weighted by Crippen LogP contribution is -1.97. The molecule has 0 radical (unpaired) electrons. The molecule has 0 saturated heterocycles. The normalized spacial score (nSPS) is 10.3. The fourth-order valence-electron chi connectivity index (χ4n) is 1.15. The summed E-state index contributed by atoms with van der Waals surface area (Å²) in [7, 11) is 0. The van der Waals surface area contributed by atoms with Gasteiger partial charge in [-0.1, -0.05) is 11.6 Å². The van der Waals surface area contributed by atoms with E-state index in [4.69, 9.17) is 11.6 Å². The summed E-state index contributed by atoms with van der Waals surface area (Å²) in [5, 5.41) is 0.679. The van der Waals surface area contributed by atoms with Crippen LogP contribution in [0.25, 0.3) is 5.82 Å². The number of hydrogen-bond acceptors (Lipinski definition) is 2. The van der Waals surface area contributed by atoms with Crippen LogP contribution in [0, 0.1) is 6.92 Å². The second-order valence-electron chi connectivity index (χ2n) is 2.68. The third-order valence-corrected chi connectivity index (χ3v) is 2.02. The van der Waals surface area contributed by atoms with Gasteiger partial charge in [-0.2, -0.15) is 0 Å². The van der Waals surface area contributed by atoms with E-state index in [1.54, 1.807) is 24.5 Å². The minimum Gasteiger partial charge on any atom is -0.288 e. The smallest absolute Gasteiger partial charge is 0.139 e. The molecule has 0 N–H and O–H groups in total. The number of pyridine rings is 1. The van der Waals surface area contributed by atoms with Gasteiger partial charge in [-0.15, -0.1) is 0 Å². The highest BCUT2D eigenvalue weighted by Crippen LogP contribution is 2.12. The Kier molecular flexibility index (Phi) is 2.02. The number of halogens is 1. The van der Waals surface area contributed by atoms with Crippen LogP contribution in [0.1, 0.15) is 5.82 Å². The Morgan fingerprint density at radius 3 is 2.77 bits per heavy atom. The summed E-state index contributed by atoms with van der Waals surface area (Å²) < 4.78 is 1.88. The molecule has 2 heterocycles. The number of hydrogen-bond donors (Lipinski definition) is 0. The predicted molar refractivity (Wildman–Crippen MR) is 51.1 cm³/mol. The monoisotopic (exact) mass is 193 g/mol. The SMILES string of the molecule is Cc1nccn1-c1cc(Cl)ccn1. The molecule has 13 heavy (non-hydrogen) atoms. The average Bonchev–Trinajstić information content (AvgIpc) is 2.51. The summed E-state index contributed by atoms with van der Waals surface area (Å²) in [5.41, 5.74) is 0. The molecule has 4 heteroatoms. The molecule has 0 fully saturated rings. The first-order chi connectivity index (χ1) is 6.27. The molecular weight excluding hydrogens is 186 g/mol. The minimum absolute atomic E-state index is 0.679. The third kappa shape index (κ3) is 1.55. The lowest BCUT2D eigenvalue weighted by atomic mass is 10.4. The molecule has 3 nitrogen and oxygen atoms in total. The van der Waals surface area contributed by atoms with Gasteiger partial charge in [0.15, 0.2) is 0 Å². The van der Waals surface area contributed by atoms with Crippen LogP contribution in [0.5, 0.6) is 0 Å². The topological polar surface area (TPSA) is 30.7 Å². The first-order valence-corrected chi connectivity index (χ1v) is 4.27. The van der Waals surface area contributed by atoms with Gasteiger partial charge in [-0.3, -0.25) is 4.57 Å². The summed E-state index contributed by atoms with van der Waals surface area (Å²) in [6.45, 7) is 1.92. The van der Waals surface area contributed by atoms with Gasteiger partial charge in [0.25, 0.3) is 0 Å². The van der Waals surface area contributed by atoms with E-state index in [-0.39, 0.29) is 0 Å². The lowest BCUT2D eigenvalue weighted by Gasteiger charge is -2.02. The largest absolute Gasteiger partial charge is 0.288 e. The average molecular weight is 194 g/mol. The summed E-state index contributed by atoms with van der Waals surface area (Å²) in [6.07, 6.45) is 5.27. The Morgan fingerprint density at radius 1 is 1.31 bits per heavy atom. The maximum atomic E-state index is 5.84. The molecule has 0 aromatic carbocycles. The van der Waals surface area contributed by atoms with Crippen molar-refractivity contribution in [3.05, 3.63) is 41.6 Å². The molecule has 0 unspecified atom stereocenters. The zero-order valence-electron chi connectivity index (χ0n) is 7.11. The number of aryl methyl sites for hydroxylation is 1. The lowest BCUT2D eigenvalue weighted by molar-refractivity contribution is 0.933. The summed E-state index contributed by atoms with van der Waals surface area (Å²) >= 11 is 5.84. The Morgan fingerprint density at radius 2 is 2.15 bits per heavy atom. The molecule has 0 aliphatic heterocycles. The van der Waals surface area contributed by atoms with Gasteiger partial charge in [0.2, 0.25) is 0 Å². The first kappa shape index (κ1) is 8.26. The molecule has 0 saturated carbocycles. The van der Waals surface area contributed by atoms with Crippen LogP contribution in [0.2, 0.25) is 5.02 Å². The van der Waals surface area contributed by atoms with Crippen molar-refractivity contribution >= 4 is 11.6 Å². The van der Waals surface area contributed by atoms with E-state index in [1.165, 1.54) is 0 Å². The van der Waals surface area contributed by atoms with Gasteiger partial charge in [0.05, 0.1) is 0 Å². The molecule has 0 spiro atoms. The van der Waals surface area contributed by atoms with E-state index in [1.807, 2.05) is 17.7 Å². The minimum atomic E-state index is 0.679. The van der Waals surface area contributed by atoms with Crippen LogP contribution in [0.3, 0.4) is 0 Å². The van der Waals surface area contributed by atoms with Gasteiger partial charge >= 0.3 is 0 Å². The predicted octanol–water partition coefficient (Wildman–Crippen LogP) is 2.23. The van der Waals surface area contributed by atoms with Crippen LogP contribution in [-0.2, 0) is 0 Å². The van der Waals surface area contributed by atoms with Crippen LogP contribution < -0.4 is 0 Å². The van der Waals surface area contributed by atoms with Crippen molar-refractivity contribution in [1.29, 1.82) is 0 Å². The molecule has 2 rings (SSSR count). The highest BCUT2D eigenvalue weighted by Gasteiger charge is 2.00. The van der Waals surface area contributed by atoms with Crippen LogP contribution >= 0.6 is 11.6 Å². The fraction of sp³-hybridized carbons (Fsp3) is 0.111. The highest BCUT2D eigenvalue weighted by molar-refractivity contribution is 6.30. The zero-order chi connectivity index (χ0) is 9.26. The molecule has 2 aromatic rings. The maximum Gasteiger partial charge on any atom is 0.139 e. The second-order valence-corrected chi connectivity index (χ2v) is 3.11. The van der Waals surface area contributed by atoms with Crippen molar-refractivity contribution in [1.82, 2.24) is 14.5 Å². The van der Waals surface area contributed by atoms with Gasteiger partial charge in [-0.25, -0.2) is 9.97 Å². The quantitative estimate of drug-likeness (QED) is 0.696. The molecule has 66 valence electrons. The number of nitrogens with zero attached hydrogens (tertiary/aromatic N) is 3. The molecule has 0 aliphatic rings. The third-order valence-electron chi connectivity index (χ3n) is 1.78. The van der Waals surface area contributed by atoms with E-state index in [9.17, 15) is 0 Å². The van der Waals surface area contributed by atoms with Crippen molar-refractivity contribution in [3.63, 3.8) is 0 Å². The van der Waals surface area contributed by atoms with Gasteiger partial charge < -0.3 is 0 Å².